The number of methoxy groups -OCH3 is 1. The number of aryl methyl sites for hydroxylation is 1. The number of carboxylic acid groups (broad SMARTS) is 1. The number of carbonyl (C=O) groups is 2. The van der Waals surface area contributed by atoms with Gasteiger partial charge in [0.2, 0.25) is 0 Å². The molecule has 0 aliphatic heterocycles. The largest absolute Gasteiger partial charge is 0.496 e. The molecule has 1 aromatic rings. The first-order chi connectivity index (χ1) is 8.38. The second kappa shape index (κ2) is 5.67. The predicted octanol–water partition coefficient (Wildman–Crippen LogP) is 2.54. The first-order valence-corrected chi connectivity index (χ1v) is 5.80. The third-order valence-electron chi connectivity index (χ3n) is 2.89. The van der Waals surface area contributed by atoms with Gasteiger partial charge in [-0.1, -0.05) is 13.8 Å². The maximum Gasteiger partial charge on any atom is 0.314 e. The molecule has 1 atom stereocenters. The minimum Gasteiger partial charge on any atom is -0.496 e. The summed E-state index contributed by atoms with van der Waals surface area (Å²) in [6, 6.07) is 4.95. The van der Waals surface area contributed by atoms with Gasteiger partial charge in [-0.25, -0.2) is 0 Å². The van der Waals surface area contributed by atoms with Crippen molar-refractivity contribution >= 4 is 11.8 Å². The SMILES string of the molecule is COc1ccc(C(=O)C(C(=O)O)C(C)C)cc1C. The van der Waals surface area contributed by atoms with Crippen LogP contribution in [0.5, 0.6) is 5.75 Å². The minimum atomic E-state index is -1.08. The number of aliphatic carboxylic acids is 1. The standard InChI is InChI=1S/C14H18O4/c1-8(2)12(14(16)17)13(15)10-5-6-11(18-4)9(3)7-10/h5-8,12H,1-4H3,(H,16,17). The van der Waals surface area contributed by atoms with Crippen LogP contribution in [0.3, 0.4) is 0 Å². The molecule has 0 radical (unpaired) electrons. The highest BCUT2D eigenvalue weighted by Gasteiger charge is 2.30. The van der Waals surface area contributed by atoms with Gasteiger partial charge in [0, 0.05) is 5.56 Å². The predicted molar refractivity (Wildman–Crippen MR) is 68.0 cm³/mol. The fourth-order valence-electron chi connectivity index (χ4n) is 1.91. The molecular weight excluding hydrogens is 232 g/mol. The Bertz CT molecular complexity index is 463. The fourth-order valence-corrected chi connectivity index (χ4v) is 1.91. The lowest BCUT2D eigenvalue weighted by molar-refractivity contribution is -0.141. The Morgan fingerprint density at radius 2 is 1.89 bits per heavy atom. The molecule has 0 saturated carbocycles. The second-order valence-corrected chi connectivity index (χ2v) is 4.61. The van der Waals surface area contributed by atoms with Crippen molar-refractivity contribution < 1.29 is 19.4 Å². The lowest BCUT2D eigenvalue weighted by atomic mass is 9.87. The Morgan fingerprint density at radius 3 is 2.28 bits per heavy atom. The Balaban J connectivity index is 3.10. The molecule has 0 aromatic heterocycles. The summed E-state index contributed by atoms with van der Waals surface area (Å²) in [5.41, 5.74) is 1.23. The van der Waals surface area contributed by atoms with Crippen molar-refractivity contribution in [2.45, 2.75) is 20.8 Å². The monoisotopic (exact) mass is 250 g/mol. The Kier molecular flexibility index (Phi) is 4.48. The molecule has 1 rings (SSSR count). The van der Waals surface area contributed by atoms with Crippen LogP contribution in [-0.4, -0.2) is 24.0 Å². The minimum absolute atomic E-state index is 0.239. The van der Waals surface area contributed by atoms with E-state index in [2.05, 4.69) is 0 Å². The maximum absolute atomic E-state index is 12.2. The van der Waals surface area contributed by atoms with Gasteiger partial charge in [0.15, 0.2) is 5.78 Å². The van der Waals surface area contributed by atoms with E-state index in [1.807, 2.05) is 6.92 Å². The number of carboxylic acids is 1. The van der Waals surface area contributed by atoms with Crippen molar-refractivity contribution in [2.75, 3.05) is 7.11 Å². The molecule has 1 aromatic carbocycles. The van der Waals surface area contributed by atoms with Gasteiger partial charge < -0.3 is 9.84 Å². The van der Waals surface area contributed by atoms with Gasteiger partial charge in [-0.2, -0.15) is 0 Å². The van der Waals surface area contributed by atoms with Crippen molar-refractivity contribution in [1.29, 1.82) is 0 Å². The normalized spacial score (nSPS) is 12.3. The molecule has 4 heteroatoms. The van der Waals surface area contributed by atoms with Gasteiger partial charge in [0.25, 0.3) is 0 Å². The van der Waals surface area contributed by atoms with Crippen molar-refractivity contribution in [2.24, 2.45) is 11.8 Å². The Morgan fingerprint density at radius 1 is 1.28 bits per heavy atom. The topological polar surface area (TPSA) is 63.6 Å². The number of hydrogen-bond acceptors (Lipinski definition) is 3. The van der Waals surface area contributed by atoms with Crippen LogP contribution in [0.25, 0.3) is 0 Å². The number of rotatable bonds is 5. The molecule has 4 nitrogen and oxygen atoms in total. The van der Waals surface area contributed by atoms with E-state index < -0.39 is 11.9 Å². The first kappa shape index (κ1) is 14.2. The molecular formula is C14H18O4. The average Bonchev–Trinajstić information content (AvgIpc) is 2.27. The lowest BCUT2D eigenvalue weighted by Gasteiger charge is -2.15. The molecule has 0 amide bonds. The smallest absolute Gasteiger partial charge is 0.314 e. The summed E-state index contributed by atoms with van der Waals surface area (Å²) in [6.45, 7) is 5.28. The fraction of sp³-hybridized carbons (Fsp3) is 0.429. The summed E-state index contributed by atoms with van der Waals surface area (Å²) in [4.78, 5) is 23.3. The number of Topliss-reactive ketones (excluding diaryl/α,β-unsaturated/α-hetero) is 1. The van der Waals surface area contributed by atoms with Crippen molar-refractivity contribution in [3.8, 4) is 5.75 Å². The third kappa shape index (κ3) is 2.88. The van der Waals surface area contributed by atoms with E-state index in [0.717, 1.165) is 5.56 Å². The third-order valence-corrected chi connectivity index (χ3v) is 2.89. The average molecular weight is 250 g/mol. The van der Waals surface area contributed by atoms with E-state index in [9.17, 15) is 9.59 Å². The number of benzene rings is 1. The molecule has 18 heavy (non-hydrogen) atoms. The van der Waals surface area contributed by atoms with Crippen LogP contribution < -0.4 is 4.74 Å². The van der Waals surface area contributed by atoms with Gasteiger partial charge in [-0.15, -0.1) is 0 Å². The molecule has 0 aliphatic rings. The van der Waals surface area contributed by atoms with Crippen LogP contribution >= 0.6 is 0 Å². The van der Waals surface area contributed by atoms with E-state index in [1.54, 1.807) is 39.2 Å². The molecule has 0 fully saturated rings. The van der Waals surface area contributed by atoms with Gasteiger partial charge in [0.1, 0.15) is 11.7 Å². The number of ketones is 1. The number of ether oxygens (including phenoxy) is 1. The highest BCUT2D eigenvalue weighted by molar-refractivity contribution is 6.08. The molecule has 1 N–H and O–H groups in total. The van der Waals surface area contributed by atoms with Crippen LogP contribution in [-0.2, 0) is 4.79 Å². The zero-order valence-corrected chi connectivity index (χ0v) is 11.1. The molecule has 0 aliphatic carbocycles. The van der Waals surface area contributed by atoms with Gasteiger partial charge in [-0.3, -0.25) is 9.59 Å². The van der Waals surface area contributed by atoms with Crippen LogP contribution in [0.1, 0.15) is 29.8 Å². The van der Waals surface area contributed by atoms with E-state index in [1.165, 1.54) is 0 Å². The first-order valence-electron chi connectivity index (χ1n) is 5.80. The zero-order valence-electron chi connectivity index (χ0n) is 11.1. The van der Waals surface area contributed by atoms with Crippen molar-refractivity contribution in [3.63, 3.8) is 0 Å². The number of hydrogen-bond donors (Lipinski definition) is 1. The van der Waals surface area contributed by atoms with Crippen molar-refractivity contribution in [1.82, 2.24) is 0 Å². The van der Waals surface area contributed by atoms with E-state index in [0.29, 0.717) is 11.3 Å². The Hall–Kier alpha value is -1.84. The quantitative estimate of drug-likeness (QED) is 0.644. The highest BCUT2D eigenvalue weighted by Crippen LogP contribution is 2.23. The van der Waals surface area contributed by atoms with Crippen LogP contribution in [0.2, 0.25) is 0 Å². The summed E-state index contributed by atoms with van der Waals surface area (Å²) in [5, 5.41) is 9.10. The van der Waals surface area contributed by atoms with Gasteiger partial charge in [0.05, 0.1) is 7.11 Å². The summed E-state index contributed by atoms with van der Waals surface area (Å²) < 4.78 is 5.11. The lowest BCUT2D eigenvalue weighted by Crippen LogP contribution is -2.28. The van der Waals surface area contributed by atoms with Gasteiger partial charge >= 0.3 is 5.97 Å². The molecule has 0 spiro atoms. The summed E-state index contributed by atoms with van der Waals surface area (Å²) in [5.74, 6) is -2.00. The summed E-state index contributed by atoms with van der Waals surface area (Å²) in [6.07, 6.45) is 0. The summed E-state index contributed by atoms with van der Waals surface area (Å²) in [7, 11) is 1.55. The van der Waals surface area contributed by atoms with E-state index >= 15 is 0 Å². The molecule has 0 saturated heterocycles. The maximum atomic E-state index is 12.2. The van der Waals surface area contributed by atoms with Crippen LogP contribution in [0, 0.1) is 18.8 Å². The van der Waals surface area contributed by atoms with Crippen molar-refractivity contribution in [3.05, 3.63) is 29.3 Å². The summed E-state index contributed by atoms with van der Waals surface area (Å²) >= 11 is 0. The Labute approximate surface area is 107 Å². The highest BCUT2D eigenvalue weighted by atomic mass is 16.5. The zero-order chi connectivity index (χ0) is 13.9. The van der Waals surface area contributed by atoms with Gasteiger partial charge in [-0.05, 0) is 36.6 Å². The van der Waals surface area contributed by atoms with Crippen LogP contribution in [0.4, 0.5) is 0 Å². The van der Waals surface area contributed by atoms with E-state index in [4.69, 9.17) is 9.84 Å². The van der Waals surface area contributed by atoms with Crippen LogP contribution in [0.15, 0.2) is 18.2 Å². The second-order valence-electron chi connectivity index (χ2n) is 4.61. The molecule has 1 unspecified atom stereocenters. The molecule has 0 bridgehead atoms. The van der Waals surface area contributed by atoms with E-state index in [-0.39, 0.29) is 11.7 Å². The molecule has 98 valence electrons. The number of carbonyl (C=O) groups excluding carboxylic acids is 1. The molecule has 0 heterocycles.